The second-order valence-corrected chi connectivity index (χ2v) is 36.8. The van der Waals surface area contributed by atoms with Crippen LogP contribution in [0.3, 0.4) is 0 Å². The van der Waals surface area contributed by atoms with Gasteiger partial charge in [-0.3, -0.25) is 0 Å². The van der Waals surface area contributed by atoms with Crippen LogP contribution in [-0.2, 0) is 37.5 Å². The summed E-state index contributed by atoms with van der Waals surface area (Å²) in [5.41, 5.74) is 45.5. The smallest absolute Gasteiger partial charge is 0.0701 e. The summed E-state index contributed by atoms with van der Waals surface area (Å²) in [7, 11) is 0. The molecule has 0 spiro atoms. The largest absolute Gasteiger partial charge is 0.310 e. The predicted molar refractivity (Wildman–Crippen MR) is 576 cm³/mol. The molecule has 0 radical (unpaired) electrons. The molecule has 0 aliphatic rings. The molecule has 17 rings (SSSR count). The fourth-order valence-electron chi connectivity index (χ4n) is 19.1. The predicted octanol–water partition coefficient (Wildman–Crippen LogP) is 37.3. The van der Waals surface area contributed by atoms with Gasteiger partial charge in [0.2, 0.25) is 0 Å². The zero-order chi connectivity index (χ0) is 92.4. The summed E-state index contributed by atoms with van der Waals surface area (Å²) in [6.07, 6.45) is 18.7. The van der Waals surface area contributed by atoms with E-state index in [0.29, 0.717) is 0 Å². The van der Waals surface area contributed by atoms with E-state index in [1.54, 1.807) is 0 Å². The number of rotatable bonds is 33. The monoisotopic (exact) mass is 1740 g/mol. The molecule has 0 heterocycles. The number of nitrogens with zero attached hydrogens (tertiary/aromatic N) is 2. The molecule has 668 valence electrons. The first-order valence-corrected chi connectivity index (χ1v) is 49.2. The third kappa shape index (κ3) is 23.5. The minimum Gasteiger partial charge on any atom is -0.310 e. The molecule has 17 aromatic carbocycles. The van der Waals surface area contributed by atoms with Crippen molar-refractivity contribution in [2.75, 3.05) is 9.80 Å². The molecule has 0 amide bonds. The maximum atomic E-state index is 2.61. The lowest BCUT2D eigenvalue weighted by Gasteiger charge is -2.37. The number of hydrogen-bond acceptors (Lipinski definition) is 2. The van der Waals surface area contributed by atoms with Gasteiger partial charge in [-0.15, -0.1) is 0 Å². The molecule has 0 bridgehead atoms. The van der Waals surface area contributed by atoms with Crippen molar-refractivity contribution in [1.82, 2.24) is 0 Å². The van der Waals surface area contributed by atoms with Crippen molar-refractivity contribution in [3.05, 3.63) is 489 Å². The molecule has 0 N–H and O–H groups in total. The minimum atomic E-state index is -0.343. The highest BCUT2D eigenvalue weighted by Gasteiger charge is 2.38. The molecular formula is C131H134N2. The zero-order valence-corrected chi connectivity index (χ0v) is 80.8. The highest BCUT2D eigenvalue weighted by molar-refractivity contribution is 5.87. The van der Waals surface area contributed by atoms with Gasteiger partial charge in [-0.1, -0.05) is 448 Å². The number of aryl methyl sites for hydroxylation is 12. The Bertz CT molecular complexity index is 6130. The highest BCUT2D eigenvalue weighted by atomic mass is 15.1. The van der Waals surface area contributed by atoms with E-state index in [1.807, 2.05) is 0 Å². The quantitative estimate of drug-likeness (QED) is 0.0299. The lowest BCUT2D eigenvalue weighted by atomic mass is 9.65. The van der Waals surface area contributed by atoms with Gasteiger partial charge in [-0.05, 0) is 305 Å². The van der Waals surface area contributed by atoms with Gasteiger partial charge in [-0.2, -0.15) is 0 Å². The third-order valence-corrected chi connectivity index (χ3v) is 26.6. The Morgan fingerprint density at radius 1 is 0.180 bits per heavy atom. The first kappa shape index (κ1) is 94.0. The molecule has 0 fully saturated rings. The first-order chi connectivity index (χ1) is 65.1. The van der Waals surface area contributed by atoms with Crippen molar-refractivity contribution in [2.45, 2.75) is 191 Å². The maximum absolute atomic E-state index is 2.61. The zero-order valence-electron chi connectivity index (χ0n) is 80.8. The molecule has 2 nitrogen and oxygen atoms in total. The van der Waals surface area contributed by atoms with Gasteiger partial charge in [0.1, 0.15) is 0 Å². The number of unbranched alkanes of at least 4 members (excludes halogenated alkanes) is 6. The molecule has 0 aliphatic heterocycles. The summed E-state index contributed by atoms with van der Waals surface area (Å²) < 4.78 is 0. The Balaban J connectivity index is 0.000000253. The van der Waals surface area contributed by atoms with Gasteiger partial charge < -0.3 is 9.80 Å². The van der Waals surface area contributed by atoms with Gasteiger partial charge in [0, 0.05) is 34.1 Å². The number of hydrogen-bond donors (Lipinski definition) is 0. The fourth-order valence-corrected chi connectivity index (χ4v) is 19.1. The van der Waals surface area contributed by atoms with Crippen molar-refractivity contribution < 1.29 is 0 Å². The molecule has 0 aliphatic carbocycles. The summed E-state index contributed by atoms with van der Waals surface area (Å²) in [6.45, 7) is 26.7. The second-order valence-electron chi connectivity index (χ2n) is 36.8. The molecule has 2 heteroatoms. The highest BCUT2D eigenvalue weighted by Crippen LogP contribution is 2.48. The van der Waals surface area contributed by atoms with Crippen LogP contribution in [0.15, 0.2) is 400 Å². The van der Waals surface area contributed by atoms with E-state index >= 15 is 0 Å². The van der Waals surface area contributed by atoms with Crippen LogP contribution in [0.2, 0.25) is 0 Å². The van der Waals surface area contributed by atoms with Crippen LogP contribution in [0.4, 0.5) is 34.1 Å². The van der Waals surface area contributed by atoms with Crippen molar-refractivity contribution in [3.8, 4) is 77.9 Å². The minimum absolute atomic E-state index is 0.343. The van der Waals surface area contributed by atoms with E-state index in [1.165, 1.54) is 218 Å². The summed E-state index contributed by atoms with van der Waals surface area (Å²) in [5, 5.41) is 0. The van der Waals surface area contributed by atoms with Crippen LogP contribution in [0.5, 0.6) is 0 Å². The molecular weight excluding hydrogens is 1600 g/mol. The lowest BCUT2D eigenvalue weighted by Crippen LogP contribution is -2.31. The van der Waals surface area contributed by atoms with Gasteiger partial charge >= 0.3 is 0 Å². The standard InChI is InChI=1S/C88H92N2.C27H24.C16H18/c1-9-13-15-17-21-77-61-88(86-58-56-84(60-66(86)8)90(80-49-41-74(42-50-80)70-33-25-64(6)26-34-70)82-53-45-76(46-54-82)72-37-29-68(20-12-4)30-38-72)78(22-18-16-14-10-2)62-87(77)85-57-55-83(59-65(85)7)89(79-47-39-73(40-48-79)69-31-23-63(5)24-32-69)81-51-43-75(44-52-81)71-35-27-67(19-11-3)28-36-71;1-21-13-17-25(18-14-21)27(23-9-5-3-6-10-23,24-11-7-4-8-12-24)26-19-15-22(2)16-20-26;1-3-4-14-7-11-16(12-8-14)15-9-5-13(2)6-10-15/h23-62H,9-22H2,1-8H3;3-20H,1-2H3;5-12H,3-4H2,1-2H3. The average Bonchev–Trinajstić information content (AvgIpc) is 0.734. The number of anilines is 6. The summed E-state index contributed by atoms with van der Waals surface area (Å²) >= 11 is 0. The topological polar surface area (TPSA) is 6.48 Å². The summed E-state index contributed by atoms with van der Waals surface area (Å²) in [4.78, 5) is 4.88. The molecule has 0 atom stereocenters. The van der Waals surface area contributed by atoms with Crippen molar-refractivity contribution in [3.63, 3.8) is 0 Å². The van der Waals surface area contributed by atoms with Gasteiger partial charge in [-0.25, -0.2) is 0 Å². The Morgan fingerprint density at radius 3 is 0.647 bits per heavy atom. The van der Waals surface area contributed by atoms with Crippen LogP contribution < -0.4 is 9.80 Å². The second kappa shape index (κ2) is 45.9. The Hall–Kier alpha value is -13.7. The third-order valence-electron chi connectivity index (χ3n) is 26.6. The number of benzene rings is 17. The van der Waals surface area contributed by atoms with Gasteiger partial charge in [0.25, 0.3) is 0 Å². The Labute approximate surface area is 796 Å². The van der Waals surface area contributed by atoms with Crippen molar-refractivity contribution >= 4 is 34.1 Å². The van der Waals surface area contributed by atoms with Crippen molar-refractivity contribution in [1.29, 1.82) is 0 Å². The van der Waals surface area contributed by atoms with E-state index in [2.05, 4.69) is 493 Å². The molecule has 0 saturated carbocycles. The van der Waals surface area contributed by atoms with Crippen LogP contribution in [0.1, 0.15) is 194 Å². The van der Waals surface area contributed by atoms with Crippen LogP contribution in [0.25, 0.3) is 77.9 Å². The fraction of sp³-hybridized carbons (Fsp3) is 0.221. The maximum Gasteiger partial charge on any atom is 0.0701 e. The summed E-state index contributed by atoms with van der Waals surface area (Å²) in [5.74, 6) is 0. The van der Waals surface area contributed by atoms with E-state index in [-0.39, 0.29) is 5.41 Å². The van der Waals surface area contributed by atoms with Crippen LogP contribution in [-0.4, -0.2) is 0 Å². The van der Waals surface area contributed by atoms with Crippen molar-refractivity contribution in [2.24, 2.45) is 0 Å². The summed E-state index contributed by atoms with van der Waals surface area (Å²) in [6, 6.07) is 149. The average molecular weight is 1740 g/mol. The molecule has 133 heavy (non-hydrogen) atoms. The first-order valence-electron chi connectivity index (χ1n) is 49.2. The Morgan fingerprint density at radius 2 is 0.406 bits per heavy atom. The van der Waals surface area contributed by atoms with Crippen LogP contribution in [0, 0.1) is 48.5 Å². The normalized spacial score (nSPS) is 11.2. The van der Waals surface area contributed by atoms with E-state index < -0.39 is 0 Å². The van der Waals surface area contributed by atoms with Gasteiger partial charge in [0.15, 0.2) is 0 Å². The Kier molecular flexibility index (Phi) is 32.5. The molecule has 17 aromatic rings. The molecule has 0 unspecified atom stereocenters. The lowest BCUT2D eigenvalue weighted by molar-refractivity contribution is 0.664. The van der Waals surface area contributed by atoms with Crippen LogP contribution >= 0.6 is 0 Å². The molecule has 0 saturated heterocycles. The van der Waals surface area contributed by atoms with Gasteiger partial charge in [0.05, 0.1) is 5.41 Å². The SMILES string of the molecule is CCCCCCc1cc(-c2ccc(N(c3ccc(-c4ccc(C)cc4)cc3)c3ccc(-c4ccc(CCC)cc4)cc3)cc2C)c(CCCCCC)cc1-c1ccc(N(c2ccc(-c3ccc(C)cc3)cc2)c2ccc(-c3ccc(CCC)cc3)cc2)cc1C.CCCc1ccc(-c2ccc(C)cc2)cc1.Cc1ccc(C(c2ccccc2)(c2ccccc2)c2ccc(C)cc2)cc1. The van der Waals surface area contributed by atoms with E-state index in [4.69, 9.17) is 0 Å². The van der Waals surface area contributed by atoms with E-state index in [0.717, 1.165) is 85.5 Å². The van der Waals surface area contributed by atoms with E-state index in [9.17, 15) is 0 Å². The molecule has 0 aromatic heterocycles.